The molecule has 0 bridgehead atoms. The van der Waals surface area contributed by atoms with E-state index >= 15 is 0 Å². The van der Waals surface area contributed by atoms with E-state index < -0.39 is 11.7 Å². The zero-order valence-corrected chi connectivity index (χ0v) is 9.72. The molecule has 0 spiro atoms. The number of aromatic hydroxyl groups is 2. The van der Waals surface area contributed by atoms with Crippen LogP contribution in [0.2, 0.25) is 0 Å². The molecule has 2 aromatic rings. The van der Waals surface area contributed by atoms with Crippen LogP contribution in [0.4, 0.5) is 15.8 Å². The van der Waals surface area contributed by atoms with E-state index in [-0.39, 0.29) is 28.4 Å². The van der Waals surface area contributed by atoms with Crippen LogP contribution in [0.3, 0.4) is 0 Å². The summed E-state index contributed by atoms with van der Waals surface area (Å²) in [6, 6.07) is 7.40. The first kappa shape index (κ1) is 12.7. The lowest BCUT2D eigenvalue weighted by molar-refractivity contribution is 0.102. The standard InChI is InChI=1S/C13H11FN2O3/c14-7-4-5-8(15)9(6-7)16-13(19)12-10(17)2-1-3-11(12)18/h1-6,17-18H,15H2,(H,16,19). The molecular weight excluding hydrogens is 251 g/mol. The predicted molar refractivity (Wildman–Crippen MR) is 68.5 cm³/mol. The van der Waals surface area contributed by atoms with Crippen molar-refractivity contribution in [3.63, 3.8) is 0 Å². The van der Waals surface area contributed by atoms with Gasteiger partial charge in [0.2, 0.25) is 0 Å². The van der Waals surface area contributed by atoms with E-state index in [0.29, 0.717) is 0 Å². The summed E-state index contributed by atoms with van der Waals surface area (Å²) in [4.78, 5) is 11.9. The van der Waals surface area contributed by atoms with Crippen molar-refractivity contribution in [2.45, 2.75) is 0 Å². The van der Waals surface area contributed by atoms with E-state index in [0.717, 1.165) is 12.1 Å². The fraction of sp³-hybridized carbons (Fsp3) is 0. The number of phenolic OH excluding ortho intramolecular Hbond substituents is 2. The highest BCUT2D eigenvalue weighted by atomic mass is 19.1. The van der Waals surface area contributed by atoms with Crippen LogP contribution in [0.1, 0.15) is 10.4 Å². The molecular formula is C13H11FN2O3. The summed E-state index contributed by atoms with van der Waals surface area (Å²) in [5.41, 5.74) is 5.52. The molecule has 0 atom stereocenters. The second-order valence-corrected chi connectivity index (χ2v) is 3.86. The van der Waals surface area contributed by atoms with Gasteiger partial charge in [0.15, 0.2) is 0 Å². The number of halogens is 1. The number of amides is 1. The Morgan fingerprint density at radius 1 is 1.16 bits per heavy atom. The summed E-state index contributed by atoms with van der Waals surface area (Å²) in [6.45, 7) is 0. The number of phenols is 2. The monoisotopic (exact) mass is 262 g/mol. The number of nitrogens with two attached hydrogens (primary N) is 1. The Kier molecular flexibility index (Phi) is 3.24. The molecule has 0 radical (unpaired) electrons. The highest BCUT2D eigenvalue weighted by molar-refractivity contribution is 6.09. The third kappa shape index (κ3) is 2.57. The van der Waals surface area contributed by atoms with Gasteiger partial charge in [0.25, 0.3) is 5.91 Å². The third-order valence-electron chi connectivity index (χ3n) is 2.51. The summed E-state index contributed by atoms with van der Waals surface area (Å²) < 4.78 is 13.1. The maximum Gasteiger partial charge on any atom is 0.263 e. The van der Waals surface area contributed by atoms with Crippen molar-refractivity contribution in [3.8, 4) is 11.5 Å². The number of carbonyl (C=O) groups excluding carboxylic acids is 1. The number of benzene rings is 2. The van der Waals surface area contributed by atoms with Crippen LogP contribution in [0.5, 0.6) is 11.5 Å². The zero-order chi connectivity index (χ0) is 14.0. The Hall–Kier alpha value is -2.76. The summed E-state index contributed by atoms with van der Waals surface area (Å²) >= 11 is 0. The van der Waals surface area contributed by atoms with Crippen LogP contribution in [-0.2, 0) is 0 Å². The molecule has 0 heterocycles. The molecule has 0 saturated heterocycles. The van der Waals surface area contributed by atoms with Crippen molar-refractivity contribution in [3.05, 3.63) is 47.8 Å². The molecule has 0 unspecified atom stereocenters. The molecule has 2 aromatic carbocycles. The first-order valence-corrected chi connectivity index (χ1v) is 5.36. The summed E-state index contributed by atoms with van der Waals surface area (Å²) in [5, 5.41) is 21.4. The number of hydrogen-bond acceptors (Lipinski definition) is 4. The topological polar surface area (TPSA) is 95.6 Å². The minimum atomic E-state index is -0.784. The van der Waals surface area contributed by atoms with E-state index in [1.54, 1.807) is 0 Å². The maximum absolute atomic E-state index is 13.1. The smallest absolute Gasteiger partial charge is 0.263 e. The van der Waals surface area contributed by atoms with Crippen molar-refractivity contribution >= 4 is 17.3 Å². The van der Waals surface area contributed by atoms with Crippen molar-refractivity contribution in [2.24, 2.45) is 0 Å². The molecule has 0 aliphatic rings. The van der Waals surface area contributed by atoms with Crippen LogP contribution in [0.25, 0.3) is 0 Å². The van der Waals surface area contributed by atoms with E-state index in [2.05, 4.69) is 5.32 Å². The highest BCUT2D eigenvalue weighted by Gasteiger charge is 2.17. The Bertz CT molecular complexity index is 624. The maximum atomic E-state index is 13.1. The third-order valence-corrected chi connectivity index (χ3v) is 2.51. The van der Waals surface area contributed by atoms with Crippen LogP contribution in [0.15, 0.2) is 36.4 Å². The predicted octanol–water partition coefficient (Wildman–Crippen LogP) is 2.07. The van der Waals surface area contributed by atoms with Gasteiger partial charge in [-0.25, -0.2) is 4.39 Å². The van der Waals surface area contributed by atoms with E-state index in [1.807, 2.05) is 0 Å². The van der Waals surface area contributed by atoms with Gasteiger partial charge in [-0.3, -0.25) is 4.79 Å². The van der Waals surface area contributed by atoms with Crippen molar-refractivity contribution in [1.29, 1.82) is 0 Å². The normalized spacial score (nSPS) is 10.2. The van der Waals surface area contributed by atoms with Gasteiger partial charge in [-0.2, -0.15) is 0 Å². The molecule has 19 heavy (non-hydrogen) atoms. The molecule has 0 aromatic heterocycles. The minimum Gasteiger partial charge on any atom is -0.507 e. The van der Waals surface area contributed by atoms with Gasteiger partial charge < -0.3 is 21.3 Å². The van der Waals surface area contributed by atoms with Gasteiger partial charge in [0.05, 0.1) is 11.4 Å². The van der Waals surface area contributed by atoms with Crippen molar-refractivity contribution in [2.75, 3.05) is 11.1 Å². The minimum absolute atomic E-state index is 0.0626. The summed E-state index contributed by atoms with van der Waals surface area (Å²) in [5.74, 6) is -2.11. The van der Waals surface area contributed by atoms with E-state index in [9.17, 15) is 19.4 Å². The van der Waals surface area contributed by atoms with Gasteiger partial charge >= 0.3 is 0 Å². The lowest BCUT2D eigenvalue weighted by Gasteiger charge is -2.10. The van der Waals surface area contributed by atoms with Gasteiger partial charge in [0, 0.05) is 0 Å². The summed E-state index contributed by atoms with van der Waals surface area (Å²) in [6.07, 6.45) is 0. The number of anilines is 2. The van der Waals surface area contributed by atoms with Crippen molar-refractivity contribution in [1.82, 2.24) is 0 Å². The van der Waals surface area contributed by atoms with E-state index in [1.165, 1.54) is 24.3 Å². The summed E-state index contributed by atoms with van der Waals surface area (Å²) in [7, 11) is 0. The lowest BCUT2D eigenvalue weighted by Crippen LogP contribution is -2.13. The first-order chi connectivity index (χ1) is 8.99. The highest BCUT2D eigenvalue weighted by Crippen LogP contribution is 2.28. The Morgan fingerprint density at radius 3 is 2.42 bits per heavy atom. The van der Waals surface area contributed by atoms with E-state index in [4.69, 9.17) is 5.73 Å². The van der Waals surface area contributed by atoms with Gasteiger partial charge in [-0.1, -0.05) is 6.07 Å². The molecule has 2 rings (SSSR count). The zero-order valence-electron chi connectivity index (χ0n) is 9.72. The number of hydrogen-bond donors (Lipinski definition) is 4. The Labute approximate surface area is 108 Å². The van der Waals surface area contributed by atoms with Crippen molar-refractivity contribution < 1.29 is 19.4 Å². The molecule has 5 N–H and O–H groups in total. The van der Waals surface area contributed by atoms with Crippen LogP contribution in [-0.4, -0.2) is 16.1 Å². The fourth-order valence-corrected chi connectivity index (χ4v) is 1.58. The van der Waals surface area contributed by atoms with Gasteiger partial charge in [0.1, 0.15) is 22.9 Å². The quantitative estimate of drug-likeness (QED) is 0.623. The second-order valence-electron chi connectivity index (χ2n) is 3.86. The van der Waals surface area contributed by atoms with Crippen LogP contribution < -0.4 is 11.1 Å². The average Bonchev–Trinajstić information content (AvgIpc) is 2.33. The Morgan fingerprint density at radius 2 is 1.79 bits per heavy atom. The van der Waals surface area contributed by atoms with Gasteiger partial charge in [-0.05, 0) is 30.3 Å². The molecule has 0 fully saturated rings. The van der Waals surface area contributed by atoms with Crippen LogP contribution in [0, 0.1) is 5.82 Å². The Balaban J connectivity index is 2.34. The lowest BCUT2D eigenvalue weighted by atomic mass is 10.1. The number of carbonyl (C=O) groups is 1. The molecule has 5 nitrogen and oxygen atoms in total. The molecule has 0 aliphatic carbocycles. The molecule has 0 aliphatic heterocycles. The largest absolute Gasteiger partial charge is 0.507 e. The SMILES string of the molecule is Nc1ccc(F)cc1NC(=O)c1c(O)cccc1O. The number of nitrogen functional groups attached to an aromatic ring is 1. The number of rotatable bonds is 2. The fourth-order valence-electron chi connectivity index (χ4n) is 1.58. The molecule has 6 heteroatoms. The number of nitrogens with one attached hydrogen (secondary N) is 1. The molecule has 1 amide bonds. The molecule has 98 valence electrons. The first-order valence-electron chi connectivity index (χ1n) is 5.36. The average molecular weight is 262 g/mol. The molecule has 0 saturated carbocycles. The van der Waals surface area contributed by atoms with Crippen LogP contribution >= 0.6 is 0 Å². The van der Waals surface area contributed by atoms with Gasteiger partial charge in [-0.15, -0.1) is 0 Å². The second kappa shape index (κ2) is 4.85.